The number of hydrogen-bond donors (Lipinski definition) is 1. The Morgan fingerprint density at radius 1 is 1.65 bits per heavy atom. The number of alkyl halides is 1. The van der Waals surface area contributed by atoms with Gasteiger partial charge in [-0.05, 0) is 32.1 Å². The molecule has 0 spiro atoms. The molecule has 17 heavy (non-hydrogen) atoms. The first-order valence-corrected chi connectivity index (χ1v) is 6.90. The van der Waals surface area contributed by atoms with Gasteiger partial charge in [0.2, 0.25) is 0 Å². The molecule has 0 saturated heterocycles. The fraction of sp³-hybridized carbons (Fsp3) is 0.667. The van der Waals surface area contributed by atoms with Crippen LogP contribution in [0.2, 0.25) is 0 Å². The maximum Gasteiger partial charge on any atom is 0.254 e. The van der Waals surface area contributed by atoms with Crippen LogP contribution in [0.25, 0.3) is 0 Å². The van der Waals surface area contributed by atoms with Crippen molar-refractivity contribution in [2.75, 3.05) is 6.54 Å². The highest BCUT2D eigenvalue weighted by Gasteiger charge is 2.23. The zero-order valence-corrected chi connectivity index (χ0v) is 11.8. The van der Waals surface area contributed by atoms with E-state index in [1.54, 1.807) is 10.9 Å². The van der Waals surface area contributed by atoms with E-state index in [1.807, 2.05) is 14.0 Å². The number of carbonyl (C=O) groups is 1. The first-order valence-electron chi connectivity index (χ1n) is 5.98. The van der Waals surface area contributed by atoms with Crippen LogP contribution in [-0.2, 0) is 7.05 Å². The molecule has 94 valence electrons. The summed E-state index contributed by atoms with van der Waals surface area (Å²) in [4.78, 5) is 12.6. The number of hydrogen-bond acceptors (Lipinski definition) is 2. The summed E-state index contributed by atoms with van der Waals surface area (Å²) in [5, 5.41) is 7.08. The van der Waals surface area contributed by atoms with Gasteiger partial charge in [-0.25, -0.2) is 0 Å². The number of halogens is 1. The van der Waals surface area contributed by atoms with Gasteiger partial charge in [-0.3, -0.25) is 9.48 Å². The number of aromatic nitrogens is 2. The lowest BCUT2D eigenvalue weighted by Gasteiger charge is -2.10. The van der Waals surface area contributed by atoms with Crippen LogP contribution in [-0.4, -0.2) is 27.1 Å². The van der Waals surface area contributed by atoms with Crippen LogP contribution in [0.3, 0.4) is 0 Å². The Morgan fingerprint density at radius 3 is 2.94 bits per heavy atom. The quantitative estimate of drug-likeness (QED) is 0.868. The first-order chi connectivity index (χ1) is 8.08. The minimum absolute atomic E-state index is 0.00591. The Kier molecular flexibility index (Phi) is 3.86. The Hall–Kier alpha value is -0.840. The molecule has 0 radical (unpaired) electrons. The van der Waals surface area contributed by atoms with Gasteiger partial charge in [-0.1, -0.05) is 15.9 Å². The Bertz CT molecular complexity index is 416. The first kappa shape index (κ1) is 12.6. The van der Waals surface area contributed by atoms with E-state index in [-0.39, 0.29) is 5.91 Å². The van der Waals surface area contributed by atoms with Crippen molar-refractivity contribution in [3.8, 4) is 0 Å². The van der Waals surface area contributed by atoms with Crippen LogP contribution in [0.1, 0.15) is 35.3 Å². The van der Waals surface area contributed by atoms with Crippen molar-refractivity contribution in [1.29, 1.82) is 0 Å². The number of nitrogens with one attached hydrogen (secondary N) is 1. The zero-order chi connectivity index (χ0) is 12.4. The summed E-state index contributed by atoms with van der Waals surface area (Å²) in [5.41, 5.74) is 1.59. The highest BCUT2D eigenvalue weighted by molar-refractivity contribution is 9.09. The van der Waals surface area contributed by atoms with Gasteiger partial charge in [0.15, 0.2) is 0 Å². The van der Waals surface area contributed by atoms with Crippen LogP contribution >= 0.6 is 15.9 Å². The van der Waals surface area contributed by atoms with Crippen molar-refractivity contribution >= 4 is 21.8 Å². The summed E-state index contributed by atoms with van der Waals surface area (Å²) in [7, 11) is 1.85. The Balaban J connectivity index is 1.87. The fourth-order valence-electron chi connectivity index (χ4n) is 2.25. The average Bonchev–Trinajstić information content (AvgIpc) is 2.84. The number of amides is 1. The highest BCUT2D eigenvalue weighted by Crippen LogP contribution is 2.30. The van der Waals surface area contributed by atoms with E-state index in [0.717, 1.165) is 18.7 Å². The molecule has 5 heteroatoms. The predicted molar refractivity (Wildman–Crippen MR) is 70.3 cm³/mol. The summed E-state index contributed by atoms with van der Waals surface area (Å²) < 4.78 is 1.72. The summed E-state index contributed by atoms with van der Waals surface area (Å²) in [6, 6.07) is 0. The van der Waals surface area contributed by atoms with Gasteiger partial charge in [-0.2, -0.15) is 5.10 Å². The van der Waals surface area contributed by atoms with Crippen molar-refractivity contribution in [2.45, 2.75) is 31.0 Å². The molecule has 1 amide bonds. The molecule has 0 aliphatic heterocycles. The number of carbonyl (C=O) groups excluding carboxylic acids is 1. The largest absolute Gasteiger partial charge is 0.352 e. The van der Waals surface area contributed by atoms with Crippen LogP contribution in [0, 0.1) is 12.8 Å². The van der Waals surface area contributed by atoms with Gasteiger partial charge in [-0.15, -0.1) is 0 Å². The molecule has 1 aliphatic carbocycles. The van der Waals surface area contributed by atoms with E-state index >= 15 is 0 Å². The normalized spacial score (nSPS) is 23.9. The van der Waals surface area contributed by atoms with Crippen molar-refractivity contribution in [3.63, 3.8) is 0 Å². The third-order valence-electron chi connectivity index (χ3n) is 3.51. The molecule has 1 aromatic heterocycles. The minimum Gasteiger partial charge on any atom is -0.352 e. The molecule has 4 nitrogen and oxygen atoms in total. The monoisotopic (exact) mass is 299 g/mol. The molecule has 1 fully saturated rings. The molecule has 2 atom stereocenters. The van der Waals surface area contributed by atoms with E-state index in [2.05, 4.69) is 26.3 Å². The van der Waals surface area contributed by atoms with Crippen LogP contribution in [0.15, 0.2) is 6.20 Å². The summed E-state index contributed by atoms with van der Waals surface area (Å²) in [6.07, 6.45) is 5.20. The van der Waals surface area contributed by atoms with Crippen LogP contribution in [0.5, 0.6) is 0 Å². The van der Waals surface area contributed by atoms with E-state index in [1.165, 1.54) is 12.8 Å². The van der Waals surface area contributed by atoms with Crippen molar-refractivity contribution in [3.05, 3.63) is 17.5 Å². The fourth-order valence-corrected chi connectivity index (χ4v) is 3.05. The van der Waals surface area contributed by atoms with Gasteiger partial charge >= 0.3 is 0 Å². The van der Waals surface area contributed by atoms with E-state index in [0.29, 0.717) is 16.3 Å². The lowest BCUT2D eigenvalue weighted by atomic mass is 10.1. The van der Waals surface area contributed by atoms with E-state index in [4.69, 9.17) is 0 Å². The zero-order valence-electron chi connectivity index (χ0n) is 10.2. The van der Waals surface area contributed by atoms with Crippen molar-refractivity contribution < 1.29 is 4.79 Å². The van der Waals surface area contributed by atoms with Crippen molar-refractivity contribution in [2.24, 2.45) is 13.0 Å². The molecule has 1 saturated carbocycles. The molecular formula is C12H18BrN3O. The maximum absolute atomic E-state index is 11.9. The molecule has 1 N–H and O–H groups in total. The molecule has 0 bridgehead atoms. The second-order valence-electron chi connectivity index (χ2n) is 4.75. The number of nitrogens with zero attached hydrogens (tertiary/aromatic N) is 2. The third-order valence-corrected chi connectivity index (χ3v) is 4.34. The topological polar surface area (TPSA) is 46.9 Å². The van der Waals surface area contributed by atoms with E-state index in [9.17, 15) is 4.79 Å². The predicted octanol–water partition coefficient (Wildman–Crippen LogP) is 2.02. The number of rotatable bonds is 3. The van der Waals surface area contributed by atoms with Gasteiger partial charge in [0.25, 0.3) is 5.91 Å². The average molecular weight is 300 g/mol. The standard InChI is InChI=1S/C12H18BrN3O/c1-8-11(7-15-16(8)2)12(17)14-6-9-3-4-10(13)5-9/h7,9-10H,3-6H2,1-2H3,(H,14,17). The molecule has 0 aromatic carbocycles. The number of aryl methyl sites for hydroxylation is 1. The van der Waals surface area contributed by atoms with Gasteiger partial charge in [0.05, 0.1) is 11.8 Å². The smallest absolute Gasteiger partial charge is 0.254 e. The lowest BCUT2D eigenvalue weighted by molar-refractivity contribution is 0.0946. The van der Waals surface area contributed by atoms with E-state index < -0.39 is 0 Å². The summed E-state index contributed by atoms with van der Waals surface area (Å²) in [5.74, 6) is 0.605. The van der Waals surface area contributed by atoms with Crippen molar-refractivity contribution in [1.82, 2.24) is 15.1 Å². The lowest BCUT2D eigenvalue weighted by Crippen LogP contribution is -2.28. The van der Waals surface area contributed by atoms with Gasteiger partial charge < -0.3 is 5.32 Å². The Morgan fingerprint density at radius 2 is 2.41 bits per heavy atom. The second-order valence-corrected chi connectivity index (χ2v) is 6.05. The Labute approximate surface area is 110 Å². The molecule has 1 aromatic rings. The second kappa shape index (κ2) is 5.21. The molecule has 1 heterocycles. The molecular weight excluding hydrogens is 282 g/mol. The third kappa shape index (κ3) is 2.89. The summed E-state index contributed by atoms with van der Waals surface area (Å²) >= 11 is 3.62. The SMILES string of the molecule is Cc1c(C(=O)NCC2CCC(Br)C2)cnn1C. The molecule has 1 aliphatic rings. The van der Waals surface area contributed by atoms with Gasteiger partial charge in [0, 0.05) is 24.1 Å². The summed E-state index contributed by atoms with van der Waals surface area (Å²) in [6.45, 7) is 2.68. The van der Waals surface area contributed by atoms with Crippen LogP contribution in [0.4, 0.5) is 0 Å². The molecule has 2 rings (SSSR count). The molecule has 2 unspecified atom stereocenters. The van der Waals surface area contributed by atoms with Gasteiger partial charge in [0.1, 0.15) is 0 Å². The van der Waals surface area contributed by atoms with Crippen LogP contribution < -0.4 is 5.32 Å². The highest BCUT2D eigenvalue weighted by atomic mass is 79.9. The maximum atomic E-state index is 11.9. The minimum atomic E-state index is -0.00591.